The van der Waals surface area contributed by atoms with Crippen molar-refractivity contribution in [3.05, 3.63) is 35.6 Å². The molecule has 1 aromatic carbocycles. The van der Waals surface area contributed by atoms with Crippen LogP contribution in [-0.2, 0) is 4.79 Å². The molecule has 120 valence electrons. The van der Waals surface area contributed by atoms with E-state index in [0.29, 0.717) is 31.1 Å². The molecule has 0 spiro atoms. The molecule has 0 aliphatic carbocycles. The Labute approximate surface area is 130 Å². The van der Waals surface area contributed by atoms with Crippen LogP contribution in [0.2, 0.25) is 0 Å². The first-order valence-electron chi connectivity index (χ1n) is 7.80. The van der Waals surface area contributed by atoms with Gasteiger partial charge in [-0.3, -0.25) is 9.59 Å². The van der Waals surface area contributed by atoms with Crippen LogP contribution in [-0.4, -0.2) is 36.3 Å². The Balaban J connectivity index is 1.96. The molecule has 1 fully saturated rings. The molecule has 0 bridgehead atoms. The van der Waals surface area contributed by atoms with E-state index in [4.69, 9.17) is 0 Å². The first kappa shape index (κ1) is 16.5. The van der Waals surface area contributed by atoms with Gasteiger partial charge in [-0.15, -0.1) is 0 Å². The molecule has 2 rings (SSSR count). The van der Waals surface area contributed by atoms with E-state index in [1.54, 1.807) is 4.90 Å². The van der Waals surface area contributed by atoms with Gasteiger partial charge in [-0.25, -0.2) is 4.39 Å². The molecule has 1 aliphatic rings. The van der Waals surface area contributed by atoms with Crippen LogP contribution in [0.4, 0.5) is 4.39 Å². The first-order valence-corrected chi connectivity index (χ1v) is 7.80. The zero-order valence-electron chi connectivity index (χ0n) is 13.1. The summed E-state index contributed by atoms with van der Waals surface area (Å²) in [6.45, 7) is 5.82. The maximum atomic E-state index is 12.9. The summed E-state index contributed by atoms with van der Waals surface area (Å²) in [5.41, 5.74) is 0.463. The van der Waals surface area contributed by atoms with E-state index in [1.165, 1.54) is 24.3 Å². The van der Waals surface area contributed by atoms with E-state index in [1.807, 2.05) is 13.8 Å². The molecule has 1 aliphatic heterocycles. The molecule has 1 saturated heterocycles. The van der Waals surface area contributed by atoms with Crippen molar-refractivity contribution in [3.8, 4) is 0 Å². The van der Waals surface area contributed by atoms with Crippen LogP contribution in [0.3, 0.4) is 0 Å². The van der Waals surface area contributed by atoms with Crippen LogP contribution in [0.5, 0.6) is 0 Å². The highest BCUT2D eigenvalue weighted by molar-refractivity contribution is 5.94. The second kappa shape index (κ2) is 7.38. The summed E-state index contributed by atoms with van der Waals surface area (Å²) in [5.74, 6) is -0.228. The van der Waals surface area contributed by atoms with Crippen LogP contribution >= 0.6 is 0 Å². The van der Waals surface area contributed by atoms with Gasteiger partial charge in [-0.05, 0) is 43.0 Å². The average Bonchev–Trinajstić information content (AvgIpc) is 2.52. The van der Waals surface area contributed by atoms with Crippen LogP contribution in [0, 0.1) is 17.7 Å². The molecule has 2 amide bonds. The summed E-state index contributed by atoms with van der Waals surface area (Å²) in [5, 5.41) is 2.93. The predicted octanol–water partition coefficient (Wildman–Crippen LogP) is 2.45. The molecule has 0 aromatic heterocycles. The summed E-state index contributed by atoms with van der Waals surface area (Å²) in [6.07, 6.45) is 1.61. The van der Waals surface area contributed by atoms with Crippen molar-refractivity contribution in [2.24, 2.45) is 11.8 Å². The van der Waals surface area contributed by atoms with Gasteiger partial charge in [0.25, 0.3) is 5.91 Å². The summed E-state index contributed by atoms with van der Waals surface area (Å²) in [7, 11) is 0. The van der Waals surface area contributed by atoms with E-state index >= 15 is 0 Å². The number of nitrogens with zero attached hydrogens (tertiary/aromatic N) is 1. The van der Waals surface area contributed by atoms with Crippen molar-refractivity contribution in [2.75, 3.05) is 19.6 Å². The molecule has 4 nitrogen and oxygen atoms in total. The summed E-state index contributed by atoms with van der Waals surface area (Å²) >= 11 is 0. The number of halogens is 1. The van der Waals surface area contributed by atoms with Crippen LogP contribution in [0.15, 0.2) is 24.3 Å². The lowest BCUT2D eigenvalue weighted by Crippen LogP contribution is -2.46. The van der Waals surface area contributed by atoms with Crippen molar-refractivity contribution in [1.82, 2.24) is 10.2 Å². The van der Waals surface area contributed by atoms with Gasteiger partial charge in [-0.2, -0.15) is 0 Å². The number of hydrogen-bond donors (Lipinski definition) is 1. The van der Waals surface area contributed by atoms with Crippen molar-refractivity contribution in [2.45, 2.75) is 26.7 Å². The lowest BCUT2D eigenvalue weighted by molar-refractivity contribution is -0.126. The number of likely N-dealkylation sites (tertiary alicyclic amines) is 1. The molecular weight excluding hydrogens is 283 g/mol. The van der Waals surface area contributed by atoms with Crippen LogP contribution in [0.1, 0.15) is 37.0 Å². The van der Waals surface area contributed by atoms with Gasteiger partial charge in [0, 0.05) is 25.2 Å². The minimum atomic E-state index is -0.360. The number of hydrogen-bond acceptors (Lipinski definition) is 2. The van der Waals surface area contributed by atoms with E-state index < -0.39 is 0 Å². The monoisotopic (exact) mass is 306 g/mol. The Morgan fingerprint density at radius 3 is 2.64 bits per heavy atom. The smallest absolute Gasteiger partial charge is 0.253 e. The molecule has 1 unspecified atom stereocenters. The highest BCUT2D eigenvalue weighted by Crippen LogP contribution is 2.19. The largest absolute Gasteiger partial charge is 0.356 e. The fourth-order valence-electron chi connectivity index (χ4n) is 2.60. The van der Waals surface area contributed by atoms with Gasteiger partial charge in [0.15, 0.2) is 0 Å². The molecule has 1 heterocycles. The number of rotatable bonds is 4. The van der Waals surface area contributed by atoms with Crippen molar-refractivity contribution in [1.29, 1.82) is 0 Å². The van der Waals surface area contributed by atoms with Crippen LogP contribution in [0.25, 0.3) is 0 Å². The Hall–Kier alpha value is -1.91. The maximum Gasteiger partial charge on any atom is 0.253 e. The molecule has 0 saturated carbocycles. The van der Waals surface area contributed by atoms with Gasteiger partial charge in [-0.1, -0.05) is 13.8 Å². The maximum absolute atomic E-state index is 12.9. The van der Waals surface area contributed by atoms with E-state index in [0.717, 1.165) is 12.8 Å². The van der Waals surface area contributed by atoms with Crippen LogP contribution < -0.4 is 5.32 Å². The molecule has 1 aromatic rings. The lowest BCUT2D eigenvalue weighted by Gasteiger charge is -2.32. The van der Waals surface area contributed by atoms with Gasteiger partial charge >= 0.3 is 0 Å². The summed E-state index contributed by atoms with van der Waals surface area (Å²) in [6, 6.07) is 5.54. The van der Waals surface area contributed by atoms with Gasteiger partial charge < -0.3 is 10.2 Å². The van der Waals surface area contributed by atoms with Crippen molar-refractivity contribution < 1.29 is 14.0 Å². The SMILES string of the molecule is CC(C)CNC(=O)C1CCCN(C(=O)c2ccc(F)cc2)C1. The summed E-state index contributed by atoms with van der Waals surface area (Å²) in [4.78, 5) is 26.3. The third-order valence-corrected chi connectivity index (χ3v) is 3.86. The lowest BCUT2D eigenvalue weighted by atomic mass is 9.96. The quantitative estimate of drug-likeness (QED) is 0.929. The fraction of sp³-hybridized carbons (Fsp3) is 0.529. The van der Waals surface area contributed by atoms with Crippen molar-refractivity contribution in [3.63, 3.8) is 0 Å². The zero-order chi connectivity index (χ0) is 16.1. The highest BCUT2D eigenvalue weighted by atomic mass is 19.1. The molecular formula is C17H23FN2O2. The van der Waals surface area contributed by atoms with Gasteiger partial charge in [0.05, 0.1) is 5.92 Å². The third kappa shape index (κ3) is 4.29. The van der Waals surface area contributed by atoms with Crippen molar-refractivity contribution >= 4 is 11.8 Å². The molecule has 0 radical (unpaired) electrons. The van der Waals surface area contributed by atoms with E-state index in [9.17, 15) is 14.0 Å². The van der Waals surface area contributed by atoms with E-state index in [2.05, 4.69) is 5.32 Å². The number of amides is 2. The fourth-order valence-corrected chi connectivity index (χ4v) is 2.60. The van der Waals surface area contributed by atoms with E-state index in [-0.39, 0.29) is 23.5 Å². The Morgan fingerprint density at radius 1 is 1.32 bits per heavy atom. The normalized spacial score (nSPS) is 18.4. The minimum Gasteiger partial charge on any atom is -0.356 e. The number of carbonyl (C=O) groups excluding carboxylic acids is 2. The Bertz CT molecular complexity index is 528. The second-order valence-corrected chi connectivity index (χ2v) is 6.24. The highest BCUT2D eigenvalue weighted by Gasteiger charge is 2.28. The number of carbonyl (C=O) groups is 2. The third-order valence-electron chi connectivity index (χ3n) is 3.86. The zero-order valence-corrected chi connectivity index (χ0v) is 13.1. The minimum absolute atomic E-state index is 0.0188. The topological polar surface area (TPSA) is 49.4 Å². The number of piperidine rings is 1. The Morgan fingerprint density at radius 2 is 2.00 bits per heavy atom. The molecule has 1 N–H and O–H groups in total. The molecule has 5 heteroatoms. The molecule has 22 heavy (non-hydrogen) atoms. The Kier molecular flexibility index (Phi) is 5.52. The summed E-state index contributed by atoms with van der Waals surface area (Å²) < 4.78 is 12.9. The predicted molar refractivity (Wildman–Crippen MR) is 82.9 cm³/mol. The van der Waals surface area contributed by atoms with Gasteiger partial charge in [0.1, 0.15) is 5.82 Å². The average molecular weight is 306 g/mol. The van der Waals surface area contributed by atoms with Gasteiger partial charge in [0.2, 0.25) is 5.91 Å². The second-order valence-electron chi connectivity index (χ2n) is 6.24. The molecule has 1 atom stereocenters. The standard InChI is InChI=1S/C17H23FN2O2/c1-12(2)10-19-16(21)14-4-3-9-20(11-14)17(22)13-5-7-15(18)8-6-13/h5-8,12,14H,3-4,9-11H2,1-2H3,(H,19,21). The number of nitrogens with one attached hydrogen (secondary N) is 1. The number of benzene rings is 1. The first-order chi connectivity index (χ1) is 10.5.